The van der Waals surface area contributed by atoms with E-state index in [4.69, 9.17) is 18.9 Å². The maximum Gasteiger partial charge on any atom is 0.397 e. The van der Waals surface area contributed by atoms with Crippen molar-refractivity contribution in [3.8, 4) is 0 Å². The Morgan fingerprint density at radius 3 is 1.52 bits per heavy atom. The minimum absolute atomic E-state index is 0.0146. The van der Waals surface area contributed by atoms with Gasteiger partial charge in [0.25, 0.3) is 0 Å². The highest BCUT2D eigenvalue weighted by molar-refractivity contribution is 7.80. The van der Waals surface area contributed by atoms with E-state index in [1.54, 1.807) is 0 Å². The van der Waals surface area contributed by atoms with Gasteiger partial charge in [0.1, 0.15) is 30.5 Å². The molecule has 6 atom stereocenters. The Morgan fingerprint density at radius 1 is 0.582 bits per heavy atom. The molecule has 0 aromatic carbocycles. The monoisotopic (exact) mass is 965 g/mol. The number of carbonyl (C=O) groups excluding carboxylic acids is 1. The van der Waals surface area contributed by atoms with E-state index in [0.29, 0.717) is 13.0 Å². The lowest BCUT2D eigenvalue weighted by Gasteiger charge is -2.41. The fourth-order valence-electron chi connectivity index (χ4n) is 7.38. The number of allylic oxidation sites excluding steroid dienone is 14. The minimum Gasteiger partial charge on any atom is -0.457 e. The van der Waals surface area contributed by atoms with Gasteiger partial charge in [-0.05, 0) is 89.9 Å². The van der Waals surface area contributed by atoms with E-state index in [-0.39, 0.29) is 19.6 Å². The molecule has 0 aromatic rings. The summed E-state index contributed by atoms with van der Waals surface area (Å²) in [6.45, 7) is 3.81. The van der Waals surface area contributed by atoms with Crippen LogP contribution in [0.3, 0.4) is 0 Å². The molecule has 4 N–H and O–H groups in total. The lowest BCUT2D eigenvalue weighted by atomic mass is 9.99. The topological polar surface area (TPSA) is 178 Å². The van der Waals surface area contributed by atoms with Gasteiger partial charge in [-0.3, -0.25) is 9.35 Å². The highest BCUT2D eigenvalue weighted by Gasteiger charge is 2.48. The molecule has 1 aliphatic rings. The fraction of sp³-hybridized carbons (Fsp3) is 0.722. The van der Waals surface area contributed by atoms with Crippen LogP contribution in [0.25, 0.3) is 0 Å². The van der Waals surface area contributed by atoms with Crippen LogP contribution in [0.2, 0.25) is 0 Å². The summed E-state index contributed by atoms with van der Waals surface area (Å²) in [6, 6.07) is 0. The van der Waals surface area contributed by atoms with E-state index in [9.17, 15) is 33.1 Å². The summed E-state index contributed by atoms with van der Waals surface area (Å²) in [5, 5.41) is 30.8. The fourth-order valence-corrected chi connectivity index (χ4v) is 7.88. The van der Waals surface area contributed by atoms with Crippen molar-refractivity contribution in [2.75, 3.05) is 26.4 Å². The van der Waals surface area contributed by atoms with Crippen LogP contribution in [0.4, 0.5) is 0 Å². The number of rotatable bonds is 44. The lowest BCUT2D eigenvalue weighted by molar-refractivity contribution is -0.301. The Hall–Kier alpha value is -2.72. The molecule has 6 unspecified atom stereocenters. The molecule has 0 aliphatic carbocycles. The average molecular weight is 965 g/mol. The summed E-state index contributed by atoms with van der Waals surface area (Å²) >= 11 is 0. The molecule has 0 radical (unpaired) electrons. The Labute approximate surface area is 406 Å². The number of aliphatic hydroxyl groups is 3. The van der Waals surface area contributed by atoms with Crippen molar-refractivity contribution in [2.24, 2.45) is 0 Å². The van der Waals surface area contributed by atoms with Crippen molar-refractivity contribution >= 4 is 16.4 Å². The number of carbonyl (C=O) groups is 1. The third-order valence-corrected chi connectivity index (χ3v) is 11.7. The quantitative estimate of drug-likeness (QED) is 0.0197. The van der Waals surface area contributed by atoms with E-state index in [2.05, 4.69) is 103 Å². The highest BCUT2D eigenvalue weighted by atomic mass is 32.3. The number of hydrogen-bond acceptors (Lipinski definition) is 11. The van der Waals surface area contributed by atoms with E-state index in [0.717, 1.165) is 116 Å². The summed E-state index contributed by atoms with van der Waals surface area (Å²) in [5.41, 5.74) is 0. The Morgan fingerprint density at radius 2 is 1.03 bits per heavy atom. The largest absolute Gasteiger partial charge is 0.457 e. The molecule has 0 spiro atoms. The molecule has 12 nitrogen and oxygen atoms in total. The second kappa shape index (κ2) is 44.5. The van der Waals surface area contributed by atoms with Gasteiger partial charge in [-0.25, -0.2) is 4.18 Å². The van der Waals surface area contributed by atoms with Gasteiger partial charge in [-0.2, -0.15) is 8.42 Å². The van der Waals surface area contributed by atoms with Crippen LogP contribution >= 0.6 is 0 Å². The van der Waals surface area contributed by atoms with Crippen molar-refractivity contribution in [3.05, 3.63) is 85.1 Å². The molecule has 1 rings (SSSR count). The molecule has 1 saturated heterocycles. The number of hydrogen-bond donors (Lipinski definition) is 4. The summed E-state index contributed by atoms with van der Waals surface area (Å²) in [6.07, 6.45) is 50.4. The number of unbranched alkanes of at least 4 members (excludes halogenated alkanes) is 17. The first-order chi connectivity index (χ1) is 32.6. The van der Waals surface area contributed by atoms with E-state index in [1.165, 1.54) is 44.9 Å². The predicted octanol–water partition coefficient (Wildman–Crippen LogP) is 12.0. The number of aliphatic hydroxyl groups excluding tert-OH is 3. The van der Waals surface area contributed by atoms with Gasteiger partial charge in [0.15, 0.2) is 6.29 Å². The highest BCUT2D eigenvalue weighted by Crippen LogP contribution is 2.26. The molecule has 0 saturated carbocycles. The predicted molar refractivity (Wildman–Crippen MR) is 271 cm³/mol. The van der Waals surface area contributed by atoms with Crippen molar-refractivity contribution in [1.29, 1.82) is 0 Å². The van der Waals surface area contributed by atoms with Gasteiger partial charge >= 0.3 is 16.4 Å². The van der Waals surface area contributed by atoms with Crippen LogP contribution in [0.1, 0.15) is 187 Å². The van der Waals surface area contributed by atoms with Gasteiger partial charge in [-0.1, -0.05) is 176 Å². The van der Waals surface area contributed by atoms with Crippen molar-refractivity contribution < 1.29 is 56.2 Å². The molecular weight excluding hydrogens is 873 g/mol. The molecule has 0 bridgehead atoms. The van der Waals surface area contributed by atoms with Crippen LogP contribution < -0.4 is 0 Å². The average Bonchev–Trinajstić information content (AvgIpc) is 3.30. The SMILES string of the molecule is CC/C=C\C/C=C\C/C=C\C/C=C\C/C=C\C/C=C\CCCCCCCOCC(COC1OC(CO)C(O)C(OS(=O)(=O)O)C1O)OC(=O)CCCCCCC/C=C\CCCCCCCCC. The van der Waals surface area contributed by atoms with Gasteiger partial charge in [-0.15, -0.1) is 0 Å². The van der Waals surface area contributed by atoms with Crippen LogP contribution in [0.15, 0.2) is 85.1 Å². The molecule has 1 heterocycles. The smallest absolute Gasteiger partial charge is 0.397 e. The molecule has 386 valence electrons. The van der Waals surface area contributed by atoms with Crippen molar-refractivity contribution in [1.82, 2.24) is 0 Å². The summed E-state index contributed by atoms with van der Waals surface area (Å²) in [7, 11) is -5.07. The Kier molecular flexibility index (Phi) is 41.4. The molecule has 1 aliphatic heterocycles. The van der Waals surface area contributed by atoms with E-state index < -0.39 is 59.8 Å². The normalized spacial score (nSPS) is 20.1. The maximum atomic E-state index is 12.9. The number of ether oxygens (including phenoxy) is 4. The van der Waals surface area contributed by atoms with Crippen LogP contribution in [0, 0.1) is 0 Å². The van der Waals surface area contributed by atoms with Gasteiger partial charge in [0.05, 0.1) is 19.8 Å². The minimum atomic E-state index is -5.07. The van der Waals surface area contributed by atoms with Crippen molar-refractivity contribution in [3.63, 3.8) is 0 Å². The zero-order valence-corrected chi connectivity index (χ0v) is 42.2. The van der Waals surface area contributed by atoms with Crippen LogP contribution in [-0.2, 0) is 38.3 Å². The zero-order chi connectivity index (χ0) is 48.9. The third kappa shape index (κ3) is 37.8. The molecule has 1 fully saturated rings. The first kappa shape index (κ1) is 62.3. The molecule has 13 heteroatoms. The summed E-state index contributed by atoms with van der Waals surface area (Å²) in [4.78, 5) is 12.9. The molecule has 0 aromatic heterocycles. The molecular formula is C54H92O12S. The third-order valence-electron chi connectivity index (χ3n) is 11.3. The maximum absolute atomic E-state index is 12.9. The second-order valence-corrected chi connectivity index (χ2v) is 18.4. The zero-order valence-electron chi connectivity index (χ0n) is 41.4. The lowest BCUT2D eigenvalue weighted by Crippen LogP contribution is -2.60. The summed E-state index contributed by atoms with van der Waals surface area (Å²) < 4.78 is 59.2. The first-order valence-electron chi connectivity index (χ1n) is 25.8. The number of esters is 1. The van der Waals surface area contributed by atoms with Gasteiger partial charge in [0.2, 0.25) is 0 Å². The van der Waals surface area contributed by atoms with Gasteiger partial charge < -0.3 is 34.3 Å². The Bertz CT molecular complexity index is 1490. The van der Waals surface area contributed by atoms with Crippen molar-refractivity contribution in [2.45, 2.75) is 224 Å². The molecule has 67 heavy (non-hydrogen) atoms. The van der Waals surface area contributed by atoms with E-state index in [1.807, 2.05) is 0 Å². The molecule has 0 amide bonds. The first-order valence-corrected chi connectivity index (χ1v) is 27.2. The standard InChI is InChI=1S/C54H92O12S/c1-3-5-7-9-11-13-15-17-19-21-22-23-24-25-26-27-28-30-32-34-36-38-40-42-44-62-46-48(47-63-54-52(58)53(66-67(59,60)61)51(57)49(45-55)65-54)64-50(56)43-41-39-37-35-33-31-29-20-18-16-14-12-10-8-6-4-2/h5,7,11,13,17,19-20,22-23,25-26,28-30,48-49,51-55,57-58H,3-4,6,8-10,12,14-16,18,21,24,27,31-47H2,1-2H3,(H,59,60,61)/b7-5-,13-11-,19-17-,23-22-,26-25-,29-20-,30-28-. The van der Waals surface area contributed by atoms with Crippen LogP contribution in [-0.4, -0.2) is 97.5 Å². The van der Waals surface area contributed by atoms with E-state index >= 15 is 0 Å². The van der Waals surface area contributed by atoms with Gasteiger partial charge in [0, 0.05) is 13.0 Å². The Balaban J connectivity index is 2.39. The van der Waals surface area contributed by atoms with Crippen LogP contribution in [0.5, 0.6) is 0 Å². The summed E-state index contributed by atoms with van der Waals surface area (Å²) in [5.74, 6) is -0.418. The second-order valence-electron chi connectivity index (χ2n) is 17.4.